The van der Waals surface area contributed by atoms with E-state index in [1.54, 1.807) is 0 Å². The number of nitro benzene ring substituents is 1. The minimum Gasteiger partial charge on any atom is -0.350 e. The molecular weight excluding hydrogens is 536 g/mol. The van der Waals surface area contributed by atoms with E-state index in [0.29, 0.717) is 5.56 Å². The van der Waals surface area contributed by atoms with Crippen molar-refractivity contribution in [3.63, 3.8) is 0 Å². The van der Waals surface area contributed by atoms with Crippen LogP contribution in [0.3, 0.4) is 0 Å². The number of amides is 1. The maximum atomic E-state index is 12.4. The van der Waals surface area contributed by atoms with E-state index in [1.807, 2.05) is 66.8 Å². The van der Waals surface area contributed by atoms with Crippen LogP contribution >= 0.6 is 23.5 Å². The molecule has 0 aromatic heterocycles. The van der Waals surface area contributed by atoms with E-state index in [-0.39, 0.29) is 29.2 Å². The molecule has 1 saturated heterocycles. The van der Waals surface area contributed by atoms with Gasteiger partial charge < -0.3 is 5.32 Å². The molecule has 3 aromatic carbocycles. The molecule has 39 heavy (non-hydrogen) atoms. The van der Waals surface area contributed by atoms with E-state index >= 15 is 0 Å². The van der Waals surface area contributed by atoms with Gasteiger partial charge in [0, 0.05) is 23.6 Å². The first-order chi connectivity index (χ1) is 18.8. The van der Waals surface area contributed by atoms with Gasteiger partial charge in [-0.2, -0.15) is 4.89 Å². The molecule has 1 aliphatic rings. The van der Waals surface area contributed by atoms with Crippen LogP contribution in [0.4, 0.5) is 5.69 Å². The fraction of sp³-hybridized carbons (Fsp3) is 0.310. The molecule has 204 valence electrons. The van der Waals surface area contributed by atoms with E-state index in [4.69, 9.17) is 9.78 Å². The summed E-state index contributed by atoms with van der Waals surface area (Å²) in [7, 11) is 0. The zero-order valence-electron chi connectivity index (χ0n) is 21.5. The van der Waals surface area contributed by atoms with Crippen LogP contribution in [-0.4, -0.2) is 33.5 Å². The maximum Gasteiger partial charge on any atom is 0.346 e. The average molecular weight is 567 g/mol. The van der Waals surface area contributed by atoms with Gasteiger partial charge in [-0.1, -0.05) is 72.8 Å². The van der Waals surface area contributed by atoms with Crippen LogP contribution in [0.1, 0.15) is 30.0 Å². The number of nitro groups is 1. The topological polar surface area (TPSA) is 108 Å². The summed E-state index contributed by atoms with van der Waals surface area (Å²) < 4.78 is 0.211. The van der Waals surface area contributed by atoms with Crippen molar-refractivity contribution < 1.29 is 24.3 Å². The van der Waals surface area contributed by atoms with Gasteiger partial charge in [-0.15, -0.1) is 23.5 Å². The first-order valence-electron chi connectivity index (χ1n) is 12.5. The van der Waals surface area contributed by atoms with Crippen molar-refractivity contribution in [2.75, 3.05) is 6.61 Å². The maximum absolute atomic E-state index is 12.4. The van der Waals surface area contributed by atoms with Gasteiger partial charge in [-0.05, 0) is 30.0 Å². The van der Waals surface area contributed by atoms with Gasteiger partial charge in [-0.3, -0.25) is 19.8 Å². The zero-order chi connectivity index (χ0) is 27.7. The Morgan fingerprint density at radius 2 is 1.51 bits per heavy atom. The highest BCUT2D eigenvalue weighted by Gasteiger charge is 2.51. The molecule has 0 aliphatic carbocycles. The Kier molecular flexibility index (Phi) is 10.0. The van der Waals surface area contributed by atoms with Crippen LogP contribution in [0.25, 0.3) is 0 Å². The third-order valence-corrected chi connectivity index (χ3v) is 9.42. The zero-order valence-corrected chi connectivity index (χ0v) is 23.1. The molecule has 8 nitrogen and oxygen atoms in total. The summed E-state index contributed by atoms with van der Waals surface area (Å²) in [5.74, 6) is 0.489. The lowest BCUT2D eigenvalue weighted by molar-refractivity contribution is -0.384. The Morgan fingerprint density at radius 3 is 2.03 bits per heavy atom. The highest BCUT2D eigenvalue weighted by molar-refractivity contribution is 8.16. The SMILES string of the molecule is CC1(CC(SCc2ccccc2)SCc2ccccc2)NC(=O)C1COOC(=O)Cc1ccc([N+](=O)[O-])cc1. The third-order valence-electron chi connectivity index (χ3n) is 6.52. The molecular formula is C29H30N2O6S2. The second kappa shape index (κ2) is 13.6. The van der Waals surface area contributed by atoms with E-state index < -0.39 is 22.3 Å². The molecule has 2 atom stereocenters. The average Bonchev–Trinajstić information content (AvgIpc) is 2.94. The largest absolute Gasteiger partial charge is 0.350 e. The fourth-order valence-electron chi connectivity index (χ4n) is 4.26. The van der Waals surface area contributed by atoms with Gasteiger partial charge >= 0.3 is 5.97 Å². The number of hydrogen-bond acceptors (Lipinski definition) is 8. The molecule has 1 heterocycles. The summed E-state index contributed by atoms with van der Waals surface area (Å²) in [6, 6.07) is 26.2. The fourth-order valence-corrected chi connectivity index (χ4v) is 7.12. The molecule has 4 rings (SSSR count). The first-order valence-corrected chi connectivity index (χ1v) is 14.6. The first kappa shape index (κ1) is 28.7. The minimum atomic E-state index is -0.639. The smallest absolute Gasteiger partial charge is 0.346 e. The number of thioether (sulfide) groups is 2. The lowest BCUT2D eigenvalue weighted by atomic mass is 9.76. The number of nitrogens with zero attached hydrogens (tertiary/aromatic N) is 1. The second-order valence-corrected chi connectivity index (χ2v) is 12.2. The van der Waals surface area contributed by atoms with Crippen LogP contribution in [0.2, 0.25) is 0 Å². The molecule has 1 amide bonds. The molecule has 1 N–H and O–H groups in total. The van der Waals surface area contributed by atoms with Crippen molar-refractivity contribution in [2.24, 2.45) is 5.92 Å². The Labute approximate surface area is 235 Å². The van der Waals surface area contributed by atoms with E-state index in [1.165, 1.54) is 35.4 Å². The number of carbonyl (C=O) groups is 2. The number of hydrogen-bond donors (Lipinski definition) is 1. The van der Waals surface area contributed by atoms with Gasteiger partial charge in [0.05, 0.1) is 27.4 Å². The standard InChI is InChI=1S/C29H30N2O6S2/c1-29(17-27(38-19-22-8-4-2-5-9-22)39-20-23-10-6-3-7-11-23)25(28(33)30-29)18-36-37-26(32)16-21-12-14-24(15-13-21)31(34)35/h2-15,25,27H,16-20H2,1H3,(H,30,33). The highest BCUT2D eigenvalue weighted by atomic mass is 32.2. The normalized spacial score (nSPS) is 18.3. The summed E-state index contributed by atoms with van der Waals surface area (Å²) in [6.07, 6.45) is 0.624. The van der Waals surface area contributed by atoms with Crippen molar-refractivity contribution in [2.45, 2.75) is 41.4 Å². The predicted molar refractivity (Wildman–Crippen MR) is 153 cm³/mol. The number of carbonyl (C=O) groups excluding carboxylic acids is 2. The molecule has 0 saturated carbocycles. The molecule has 0 spiro atoms. The number of β-lactam (4-membered cyclic amide) rings is 1. The van der Waals surface area contributed by atoms with Crippen molar-refractivity contribution in [1.29, 1.82) is 0 Å². The Morgan fingerprint density at radius 1 is 0.949 bits per heavy atom. The summed E-state index contributed by atoms with van der Waals surface area (Å²) >= 11 is 3.70. The van der Waals surface area contributed by atoms with E-state index in [9.17, 15) is 19.7 Å². The van der Waals surface area contributed by atoms with Crippen molar-refractivity contribution in [1.82, 2.24) is 5.32 Å². The summed E-state index contributed by atoms with van der Waals surface area (Å²) in [5.41, 5.74) is 2.50. The molecule has 3 aromatic rings. The van der Waals surface area contributed by atoms with Gasteiger partial charge in [0.25, 0.3) is 5.69 Å². The Hall–Kier alpha value is -3.34. The van der Waals surface area contributed by atoms with Crippen molar-refractivity contribution in [3.05, 3.63) is 112 Å². The minimum absolute atomic E-state index is 0.0479. The number of non-ortho nitro benzene ring substituents is 1. The van der Waals surface area contributed by atoms with Gasteiger partial charge in [0.2, 0.25) is 5.91 Å². The third kappa shape index (κ3) is 8.32. The monoisotopic (exact) mass is 566 g/mol. The molecule has 1 aliphatic heterocycles. The lowest BCUT2D eigenvalue weighted by Gasteiger charge is -2.47. The lowest BCUT2D eigenvalue weighted by Crippen LogP contribution is -2.69. The van der Waals surface area contributed by atoms with Gasteiger partial charge in [-0.25, -0.2) is 4.79 Å². The summed E-state index contributed by atoms with van der Waals surface area (Å²) in [6.45, 7) is 1.95. The van der Waals surface area contributed by atoms with Crippen LogP contribution in [0, 0.1) is 16.0 Å². The Bertz CT molecular complexity index is 1220. The van der Waals surface area contributed by atoms with E-state index in [0.717, 1.165) is 17.9 Å². The van der Waals surface area contributed by atoms with Crippen LogP contribution in [0.15, 0.2) is 84.9 Å². The molecule has 10 heteroatoms. The summed E-state index contributed by atoms with van der Waals surface area (Å²) in [5, 5.41) is 13.8. The van der Waals surface area contributed by atoms with Crippen molar-refractivity contribution >= 4 is 41.1 Å². The van der Waals surface area contributed by atoms with Crippen LogP contribution in [0.5, 0.6) is 0 Å². The van der Waals surface area contributed by atoms with E-state index in [2.05, 4.69) is 29.6 Å². The molecule has 0 bridgehead atoms. The Balaban J connectivity index is 1.30. The summed E-state index contributed by atoms with van der Waals surface area (Å²) in [4.78, 5) is 45.0. The molecule has 0 radical (unpaired) electrons. The number of benzene rings is 3. The number of rotatable bonds is 14. The second-order valence-electron chi connectivity index (χ2n) is 9.53. The molecule has 1 fully saturated rings. The van der Waals surface area contributed by atoms with Gasteiger partial charge in [0.15, 0.2) is 0 Å². The quantitative estimate of drug-likeness (QED) is 0.0871. The van der Waals surface area contributed by atoms with Gasteiger partial charge in [0.1, 0.15) is 6.61 Å². The number of nitrogens with one attached hydrogen (secondary N) is 1. The highest BCUT2D eigenvalue weighted by Crippen LogP contribution is 2.41. The van der Waals surface area contributed by atoms with Crippen molar-refractivity contribution in [3.8, 4) is 0 Å². The van der Waals surface area contributed by atoms with Crippen LogP contribution < -0.4 is 5.32 Å². The molecule has 2 unspecified atom stereocenters. The predicted octanol–water partition coefficient (Wildman–Crippen LogP) is 5.70. The van der Waals surface area contributed by atoms with Crippen LogP contribution in [-0.2, 0) is 37.3 Å².